The highest BCUT2D eigenvalue weighted by Crippen LogP contribution is 2.29. The molecule has 0 bridgehead atoms. The second kappa shape index (κ2) is 5.73. The molecule has 5 nitrogen and oxygen atoms in total. The highest BCUT2D eigenvalue weighted by molar-refractivity contribution is 8.00. The zero-order valence-corrected chi connectivity index (χ0v) is 12.8. The molecule has 1 aromatic heterocycles. The number of nitrogens with zero attached hydrogens (tertiary/aromatic N) is 2. The summed E-state index contributed by atoms with van der Waals surface area (Å²) in [7, 11) is -3.56. The molecular formula is C16H15N3O2S. The maximum absolute atomic E-state index is 12.3. The molecule has 1 aliphatic rings. The Hall–Kier alpha value is -2.47. The molecule has 0 spiro atoms. The first-order valence-electron chi connectivity index (χ1n) is 6.82. The molecule has 0 saturated heterocycles. The van der Waals surface area contributed by atoms with Crippen LogP contribution in [0.15, 0.2) is 65.3 Å². The standard InChI is InChI=1S/C16H15N3O2S/c1-12-15(13-7-3-2-4-8-13)22(20,21)19-16(12)18-11-14-9-5-6-10-17-14/h2-10H,11H2,1H3,(H,18,19). The normalized spacial score (nSPS) is 18.5. The Labute approximate surface area is 129 Å². The van der Waals surface area contributed by atoms with Crippen molar-refractivity contribution in [2.24, 2.45) is 4.99 Å². The molecule has 0 saturated carbocycles. The number of hydrogen-bond acceptors (Lipinski definition) is 4. The summed E-state index contributed by atoms with van der Waals surface area (Å²) < 4.78 is 27.2. The SMILES string of the molecule is CC1=C(c2ccccc2)S(=O)(=O)NC1=NCc1ccccn1. The number of rotatable bonds is 3. The predicted octanol–water partition coefficient (Wildman–Crippen LogP) is 2.34. The van der Waals surface area contributed by atoms with Crippen LogP contribution in [-0.2, 0) is 16.6 Å². The number of aromatic nitrogens is 1. The summed E-state index contributed by atoms with van der Waals surface area (Å²) in [5.41, 5.74) is 2.08. The van der Waals surface area contributed by atoms with Gasteiger partial charge in [0, 0.05) is 11.8 Å². The summed E-state index contributed by atoms with van der Waals surface area (Å²) in [6, 6.07) is 14.6. The number of pyridine rings is 1. The Morgan fingerprint density at radius 2 is 1.82 bits per heavy atom. The van der Waals surface area contributed by atoms with Gasteiger partial charge < -0.3 is 0 Å². The van der Waals surface area contributed by atoms with Crippen molar-refractivity contribution >= 4 is 20.8 Å². The van der Waals surface area contributed by atoms with Crippen LogP contribution < -0.4 is 4.72 Å². The van der Waals surface area contributed by atoms with Crippen LogP contribution in [0.1, 0.15) is 18.2 Å². The lowest BCUT2D eigenvalue weighted by molar-refractivity contribution is 0.603. The van der Waals surface area contributed by atoms with Gasteiger partial charge in [-0.2, -0.15) is 0 Å². The summed E-state index contributed by atoms with van der Waals surface area (Å²) >= 11 is 0. The van der Waals surface area contributed by atoms with E-state index in [9.17, 15) is 8.42 Å². The molecule has 22 heavy (non-hydrogen) atoms. The van der Waals surface area contributed by atoms with Crippen molar-refractivity contribution in [3.8, 4) is 0 Å². The lowest BCUT2D eigenvalue weighted by Crippen LogP contribution is -2.23. The van der Waals surface area contributed by atoms with E-state index in [4.69, 9.17) is 0 Å². The molecule has 0 aliphatic carbocycles. The molecule has 6 heteroatoms. The van der Waals surface area contributed by atoms with Crippen molar-refractivity contribution in [1.82, 2.24) is 9.71 Å². The van der Waals surface area contributed by atoms with Crippen molar-refractivity contribution < 1.29 is 8.42 Å². The Balaban J connectivity index is 1.97. The van der Waals surface area contributed by atoms with Crippen LogP contribution in [0, 0.1) is 0 Å². The van der Waals surface area contributed by atoms with Gasteiger partial charge in [-0.05, 0) is 24.6 Å². The first-order valence-corrected chi connectivity index (χ1v) is 8.30. The van der Waals surface area contributed by atoms with Gasteiger partial charge in [0.2, 0.25) is 0 Å². The number of amidine groups is 1. The number of sulfonamides is 1. The topological polar surface area (TPSA) is 71.4 Å². The van der Waals surface area contributed by atoms with Crippen LogP contribution in [0.2, 0.25) is 0 Å². The number of aliphatic imine (C=N–C) groups is 1. The molecule has 1 aliphatic heterocycles. The summed E-state index contributed by atoms with van der Waals surface area (Å²) in [4.78, 5) is 8.81. The van der Waals surface area contributed by atoms with Gasteiger partial charge in [0.25, 0.3) is 10.0 Å². The van der Waals surface area contributed by atoms with E-state index in [0.29, 0.717) is 23.5 Å². The lowest BCUT2D eigenvalue weighted by atomic mass is 10.1. The maximum atomic E-state index is 12.3. The maximum Gasteiger partial charge on any atom is 0.264 e. The van der Waals surface area contributed by atoms with E-state index in [0.717, 1.165) is 5.69 Å². The van der Waals surface area contributed by atoms with E-state index in [-0.39, 0.29) is 4.91 Å². The fourth-order valence-corrected chi connectivity index (χ4v) is 3.85. The lowest BCUT2D eigenvalue weighted by Gasteiger charge is -2.02. The highest BCUT2D eigenvalue weighted by atomic mass is 32.2. The van der Waals surface area contributed by atoms with Crippen LogP contribution in [0.5, 0.6) is 0 Å². The van der Waals surface area contributed by atoms with Crippen LogP contribution in [0.4, 0.5) is 0 Å². The number of benzene rings is 1. The Morgan fingerprint density at radius 3 is 2.50 bits per heavy atom. The molecule has 1 N–H and O–H groups in total. The summed E-state index contributed by atoms with van der Waals surface area (Å²) in [5, 5.41) is 0. The third-order valence-electron chi connectivity index (χ3n) is 3.36. The quantitative estimate of drug-likeness (QED) is 0.945. The largest absolute Gasteiger partial charge is 0.264 e. The second-order valence-electron chi connectivity index (χ2n) is 4.91. The molecular weight excluding hydrogens is 298 g/mol. The van der Waals surface area contributed by atoms with Crippen LogP contribution in [0.25, 0.3) is 4.91 Å². The fraction of sp³-hybridized carbons (Fsp3) is 0.125. The van der Waals surface area contributed by atoms with Crippen molar-refractivity contribution in [2.45, 2.75) is 13.5 Å². The zero-order chi connectivity index (χ0) is 15.6. The minimum Gasteiger partial charge on any atom is -0.263 e. The molecule has 0 fully saturated rings. The minimum atomic E-state index is -3.56. The van der Waals surface area contributed by atoms with Crippen LogP contribution in [-0.4, -0.2) is 19.2 Å². The van der Waals surface area contributed by atoms with Gasteiger partial charge in [-0.15, -0.1) is 0 Å². The van der Waals surface area contributed by atoms with Gasteiger partial charge in [-0.1, -0.05) is 36.4 Å². The predicted molar refractivity (Wildman–Crippen MR) is 86.5 cm³/mol. The highest BCUT2D eigenvalue weighted by Gasteiger charge is 2.32. The van der Waals surface area contributed by atoms with Crippen molar-refractivity contribution in [3.05, 3.63) is 71.6 Å². The Kier molecular flexibility index (Phi) is 3.77. The molecule has 2 aromatic rings. The van der Waals surface area contributed by atoms with Crippen molar-refractivity contribution in [1.29, 1.82) is 0 Å². The van der Waals surface area contributed by atoms with Gasteiger partial charge in [0.1, 0.15) is 10.7 Å². The fourth-order valence-electron chi connectivity index (χ4n) is 2.33. The van der Waals surface area contributed by atoms with Crippen LogP contribution in [0.3, 0.4) is 0 Å². The van der Waals surface area contributed by atoms with Gasteiger partial charge >= 0.3 is 0 Å². The van der Waals surface area contributed by atoms with Crippen LogP contribution >= 0.6 is 0 Å². The van der Waals surface area contributed by atoms with Gasteiger partial charge in [-0.25, -0.2) is 8.42 Å². The van der Waals surface area contributed by atoms with Gasteiger partial charge in [0.05, 0.1) is 12.2 Å². The molecule has 2 heterocycles. The average Bonchev–Trinajstić information content (AvgIpc) is 2.76. The van der Waals surface area contributed by atoms with Gasteiger partial charge in [-0.3, -0.25) is 14.7 Å². The Bertz CT molecular complexity index is 841. The summed E-state index contributed by atoms with van der Waals surface area (Å²) in [5.74, 6) is 0.379. The molecule has 3 rings (SSSR count). The Morgan fingerprint density at radius 1 is 1.09 bits per heavy atom. The smallest absolute Gasteiger partial charge is 0.263 e. The molecule has 0 unspecified atom stereocenters. The first-order chi connectivity index (χ1) is 10.6. The zero-order valence-electron chi connectivity index (χ0n) is 12.0. The van der Waals surface area contributed by atoms with Gasteiger partial charge in [0.15, 0.2) is 0 Å². The van der Waals surface area contributed by atoms with E-state index in [1.165, 1.54) is 0 Å². The molecule has 112 valence electrons. The van der Waals surface area contributed by atoms with E-state index >= 15 is 0 Å². The minimum absolute atomic E-state index is 0.285. The van der Waals surface area contributed by atoms with E-state index in [1.807, 2.05) is 36.4 Å². The monoisotopic (exact) mass is 313 g/mol. The van der Waals surface area contributed by atoms with E-state index < -0.39 is 10.0 Å². The number of hydrogen-bond donors (Lipinski definition) is 1. The average molecular weight is 313 g/mol. The molecule has 0 atom stereocenters. The molecule has 1 aromatic carbocycles. The second-order valence-corrected chi connectivity index (χ2v) is 6.53. The summed E-state index contributed by atoms with van der Waals surface area (Å²) in [6.07, 6.45) is 1.69. The molecule has 0 amide bonds. The van der Waals surface area contributed by atoms with E-state index in [2.05, 4.69) is 14.7 Å². The van der Waals surface area contributed by atoms with Crippen molar-refractivity contribution in [3.63, 3.8) is 0 Å². The third-order valence-corrected chi connectivity index (χ3v) is 4.90. The van der Waals surface area contributed by atoms with E-state index in [1.54, 1.807) is 25.3 Å². The van der Waals surface area contributed by atoms with Crippen molar-refractivity contribution in [2.75, 3.05) is 0 Å². The molecule has 0 radical (unpaired) electrons. The third kappa shape index (κ3) is 2.78. The summed E-state index contributed by atoms with van der Waals surface area (Å²) in [6.45, 7) is 2.09. The first kappa shape index (κ1) is 14.5. The number of nitrogens with one attached hydrogen (secondary N) is 1.